The van der Waals surface area contributed by atoms with E-state index in [0.29, 0.717) is 0 Å². The Morgan fingerprint density at radius 3 is 2.59 bits per heavy atom. The first kappa shape index (κ1) is 14.3. The zero-order chi connectivity index (χ0) is 13.1. The van der Waals surface area contributed by atoms with Gasteiger partial charge in [0.15, 0.2) is 0 Å². The van der Waals surface area contributed by atoms with Gasteiger partial charge in [0.05, 0.1) is 30.5 Å². The normalized spacial score (nSPS) is 29.2. The van der Waals surface area contributed by atoms with Crippen LogP contribution in [0.1, 0.15) is 6.42 Å². The molecule has 5 N–H and O–H groups in total. The Balaban J connectivity index is 2.35. The SMILES string of the molecule is O=C(NCCS(=O)(=O)O)[C@@H]1C[C@H](O)[C@@H](CO)N1. The first-order chi connectivity index (χ1) is 7.83. The zero-order valence-electron chi connectivity index (χ0n) is 9.04. The van der Waals surface area contributed by atoms with E-state index < -0.39 is 40.0 Å². The van der Waals surface area contributed by atoms with Gasteiger partial charge in [-0.3, -0.25) is 14.7 Å². The molecule has 0 spiro atoms. The van der Waals surface area contributed by atoms with Crippen molar-refractivity contribution < 1.29 is 28.0 Å². The van der Waals surface area contributed by atoms with Gasteiger partial charge in [-0.1, -0.05) is 0 Å². The van der Waals surface area contributed by atoms with Crippen molar-refractivity contribution in [3.05, 3.63) is 0 Å². The highest BCUT2D eigenvalue weighted by Crippen LogP contribution is 2.12. The Bertz CT molecular complexity index is 370. The van der Waals surface area contributed by atoms with Crippen LogP contribution in [0.3, 0.4) is 0 Å². The van der Waals surface area contributed by atoms with Crippen molar-refractivity contribution in [3.8, 4) is 0 Å². The van der Waals surface area contributed by atoms with Gasteiger partial charge < -0.3 is 15.5 Å². The Morgan fingerprint density at radius 1 is 1.47 bits per heavy atom. The Kier molecular flexibility index (Phi) is 4.83. The van der Waals surface area contributed by atoms with E-state index in [2.05, 4.69) is 10.6 Å². The summed E-state index contributed by atoms with van der Waals surface area (Å²) in [6.45, 7) is -0.480. The molecule has 0 aromatic carbocycles. The van der Waals surface area contributed by atoms with Crippen LogP contribution in [0.15, 0.2) is 0 Å². The molecule has 0 unspecified atom stereocenters. The van der Waals surface area contributed by atoms with Gasteiger partial charge in [-0.2, -0.15) is 8.42 Å². The fourth-order valence-corrected chi connectivity index (χ4v) is 1.99. The van der Waals surface area contributed by atoms with E-state index in [9.17, 15) is 18.3 Å². The molecule has 1 aliphatic rings. The fraction of sp³-hybridized carbons (Fsp3) is 0.875. The predicted molar refractivity (Wildman–Crippen MR) is 57.8 cm³/mol. The molecule has 8 nitrogen and oxygen atoms in total. The standard InChI is InChI=1S/C8H16N2O6S/c11-4-6-7(12)3-5(10-6)8(13)9-1-2-17(14,15)16/h5-7,10-12H,1-4H2,(H,9,13)(H,14,15,16)/t5-,6+,7-/m0/s1. The molecule has 1 amide bonds. The van der Waals surface area contributed by atoms with E-state index in [0.717, 1.165) is 0 Å². The van der Waals surface area contributed by atoms with Crippen LogP contribution in [0.25, 0.3) is 0 Å². The minimum atomic E-state index is -4.09. The van der Waals surface area contributed by atoms with Gasteiger partial charge in [0.2, 0.25) is 5.91 Å². The van der Waals surface area contributed by atoms with Gasteiger partial charge in [0.1, 0.15) is 0 Å². The topological polar surface area (TPSA) is 136 Å². The van der Waals surface area contributed by atoms with Crippen LogP contribution in [0.2, 0.25) is 0 Å². The van der Waals surface area contributed by atoms with Crippen molar-refractivity contribution in [2.45, 2.75) is 24.6 Å². The molecule has 0 radical (unpaired) electrons. The number of aliphatic hydroxyl groups is 2. The highest BCUT2D eigenvalue weighted by atomic mass is 32.2. The summed E-state index contributed by atoms with van der Waals surface area (Å²) in [6, 6.07) is -1.21. The lowest BCUT2D eigenvalue weighted by atomic mass is 10.1. The average molecular weight is 268 g/mol. The molecule has 0 bridgehead atoms. The summed E-state index contributed by atoms with van der Waals surface area (Å²) < 4.78 is 29.3. The van der Waals surface area contributed by atoms with Crippen LogP contribution in [-0.4, -0.2) is 66.2 Å². The lowest BCUT2D eigenvalue weighted by Crippen LogP contribution is -2.45. The molecule has 100 valence electrons. The number of carbonyl (C=O) groups is 1. The number of aliphatic hydroxyl groups excluding tert-OH is 2. The molecule has 1 rings (SSSR count). The minimum absolute atomic E-state index is 0.156. The molecule has 1 heterocycles. The summed E-state index contributed by atoms with van der Waals surface area (Å²) in [4.78, 5) is 11.5. The summed E-state index contributed by atoms with van der Waals surface area (Å²) >= 11 is 0. The molecule has 1 fully saturated rings. The summed E-state index contributed by atoms with van der Waals surface area (Å²) in [5, 5.41) is 23.3. The average Bonchev–Trinajstić information content (AvgIpc) is 2.57. The molecular formula is C8H16N2O6S. The number of carbonyl (C=O) groups excluding carboxylic acids is 1. The highest BCUT2D eigenvalue weighted by molar-refractivity contribution is 7.85. The van der Waals surface area contributed by atoms with Crippen LogP contribution in [0.5, 0.6) is 0 Å². The molecule has 1 aliphatic heterocycles. The van der Waals surface area contributed by atoms with Gasteiger partial charge in [-0.25, -0.2) is 0 Å². The number of hydrogen-bond donors (Lipinski definition) is 5. The van der Waals surface area contributed by atoms with E-state index >= 15 is 0 Å². The lowest BCUT2D eigenvalue weighted by molar-refractivity contribution is -0.122. The Labute approximate surface area is 98.8 Å². The lowest BCUT2D eigenvalue weighted by Gasteiger charge is -2.12. The van der Waals surface area contributed by atoms with Crippen LogP contribution in [-0.2, 0) is 14.9 Å². The maximum Gasteiger partial charge on any atom is 0.266 e. The van der Waals surface area contributed by atoms with Crippen molar-refractivity contribution in [2.24, 2.45) is 0 Å². The third kappa shape index (κ3) is 4.56. The van der Waals surface area contributed by atoms with Gasteiger partial charge in [-0.05, 0) is 6.42 Å². The van der Waals surface area contributed by atoms with Gasteiger partial charge in [0, 0.05) is 6.54 Å². The second-order valence-electron chi connectivity index (χ2n) is 3.89. The summed E-state index contributed by atoms with van der Waals surface area (Å²) in [5.41, 5.74) is 0. The number of nitrogens with one attached hydrogen (secondary N) is 2. The van der Waals surface area contributed by atoms with E-state index in [4.69, 9.17) is 9.66 Å². The van der Waals surface area contributed by atoms with Crippen LogP contribution in [0, 0.1) is 0 Å². The maximum absolute atomic E-state index is 11.5. The van der Waals surface area contributed by atoms with Gasteiger partial charge in [0.25, 0.3) is 10.1 Å². The monoisotopic (exact) mass is 268 g/mol. The quantitative estimate of drug-likeness (QED) is 0.337. The van der Waals surface area contributed by atoms with Crippen molar-refractivity contribution in [3.63, 3.8) is 0 Å². The van der Waals surface area contributed by atoms with Gasteiger partial charge >= 0.3 is 0 Å². The number of amides is 1. The maximum atomic E-state index is 11.5. The van der Waals surface area contributed by atoms with Crippen LogP contribution < -0.4 is 10.6 Å². The summed E-state index contributed by atoms with van der Waals surface area (Å²) in [7, 11) is -4.09. The van der Waals surface area contributed by atoms with Crippen molar-refractivity contribution in [2.75, 3.05) is 18.9 Å². The Morgan fingerprint density at radius 2 is 2.12 bits per heavy atom. The molecule has 1 saturated heterocycles. The highest BCUT2D eigenvalue weighted by Gasteiger charge is 2.35. The predicted octanol–water partition coefficient (Wildman–Crippen LogP) is -2.93. The molecule has 0 aliphatic carbocycles. The molecule has 3 atom stereocenters. The first-order valence-corrected chi connectivity index (χ1v) is 6.72. The largest absolute Gasteiger partial charge is 0.395 e. The first-order valence-electron chi connectivity index (χ1n) is 5.11. The van der Waals surface area contributed by atoms with E-state index in [-0.39, 0.29) is 19.6 Å². The molecule has 17 heavy (non-hydrogen) atoms. The number of rotatable bonds is 5. The molecular weight excluding hydrogens is 252 g/mol. The van der Waals surface area contributed by atoms with Crippen molar-refractivity contribution in [1.82, 2.24) is 10.6 Å². The smallest absolute Gasteiger partial charge is 0.266 e. The third-order valence-corrected chi connectivity index (χ3v) is 3.25. The third-order valence-electron chi connectivity index (χ3n) is 2.53. The van der Waals surface area contributed by atoms with Gasteiger partial charge in [-0.15, -0.1) is 0 Å². The molecule has 0 saturated carbocycles. The molecule has 0 aromatic heterocycles. The van der Waals surface area contributed by atoms with E-state index in [1.54, 1.807) is 0 Å². The van der Waals surface area contributed by atoms with Crippen LogP contribution >= 0.6 is 0 Å². The summed E-state index contributed by atoms with van der Waals surface area (Å²) in [6.07, 6.45) is -0.652. The fourth-order valence-electron chi connectivity index (χ4n) is 1.63. The number of hydrogen-bond acceptors (Lipinski definition) is 6. The van der Waals surface area contributed by atoms with Crippen molar-refractivity contribution >= 4 is 16.0 Å². The van der Waals surface area contributed by atoms with Crippen LogP contribution in [0.4, 0.5) is 0 Å². The second-order valence-corrected chi connectivity index (χ2v) is 5.46. The summed E-state index contributed by atoms with van der Waals surface area (Å²) in [5.74, 6) is -1.03. The second kappa shape index (κ2) is 5.74. The molecule has 0 aromatic rings. The zero-order valence-corrected chi connectivity index (χ0v) is 9.85. The minimum Gasteiger partial charge on any atom is -0.395 e. The van der Waals surface area contributed by atoms with E-state index in [1.807, 2.05) is 0 Å². The van der Waals surface area contributed by atoms with Crippen molar-refractivity contribution in [1.29, 1.82) is 0 Å². The Hall–Kier alpha value is -0.740. The molecule has 9 heteroatoms. The van der Waals surface area contributed by atoms with E-state index in [1.165, 1.54) is 0 Å².